The first-order valence-corrected chi connectivity index (χ1v) is 6.62. The van der Waals surface area contributed by atoms with E-state index in [1.54, 1.807) is 24.0 Å². The molecule has 0 aliphatic rings. The van der Waals surface area contributed by atoms with Crippen LogP contribution in [0.3, 0.4) is 0 Å². The first kappa shape index (κ1) is 12.6. The van der Waals surface area contributed by atoms with Crippen molar-refractivity contribution in [3.05, 3.63) is 59.4 Å². The Morgan fingerprint density at radius 2 is 2.17 bits per heavy atom. The number of nitrogen functional groups attached to an aromatic ring is 1. The molecule has 0 aliphatic heterocycles. The van der Waals surface area contributed by atoms with Gasteiger partial charge >= 0.3 is 0 Å². The van der Waals surface area contributed by atoms with Crippen LogP contribution in [0.1, 0.15) is 16.8 Å². The Balaban J connectivity index is 2.00. The molecule has 3 N–H and O–H groups in total. The van der Waals surface area contributed by atoms with Gasteiger partial charge < -0.3 is 5.73 Å². The van der Waals surface area contributed by atoms with Crippen LogP contribution in [0.15, 0.2) is 47.5 Å². The number of pyridine rings is 1. The van der Waals surface area contributed by atoms with Crippen molar-refractivity contribution in [2.75, 3.05) is 0 Å². The van der Waals surface area contributed by atoms with Gasteiger partial charge in [0, 0.05) is 16.8 Å². The van der Waals surface area contributed by atoms with Crippen molar-refractivity contribution in [2.45, 2.75) is 17.6 Å². The number of nitrogens with two attached hydrogens (primary N) is 1. The molecule has 2 aromatic rings. The molecule has 0 unspecified atom stereocenters. The van der Waals surface area contributed by atoms with Crippen LogP contribution in [0, 0.1) is 12.3 Å². The Hall–Kier alpha value is -1.81. The van der Waals surface area contributed by atoms with Gasteiger partial charge in [-0.05, 0) is 24.6 Å². The fourth-order valence-electron chi connectivity index (χ4n) is 1.59. The van der Waals surface area contributed by atoms with E-state index in [1.165, 1.54) is 11.1 Å². The maximum absolute atomic E-state index is 7.27. The Morgan fingerprint density at radius 1 is 1.33 bits per heavy atom. The van der Waals surface area contributed by atoms with Crippen molar-refractivity contribution in [3.8, 4) is 0 Å². The average molecular weight is 257 g/mol. The first-order valence-electron chi connectivity index (χ1n) is 5.64. The molecular formula is C14H15N3S. The monoisotopic (exact) mass is 257 g/mol. The molecule has 18 heavy (non-hydrogen) atoms. The van der Waals surface area contributed by atoms with Crippen molar-refractivity contribution in [3.63, 3.8) is 0 Å². The zero-order valence-electron chi connectivity index (χ0n) is 10.2. The van der Waals surface area contributed by atoms with Gasteiger partial charge in [-0.3, -0.25) is 10.4 Å². The highest BCUT2D eigenvalue weighted by atomic mass is 32.2. The lowest BCUT2D eigenvalue weighted by Gasteiger charge is -2.03. The number of hydrogen-bond donors (Lipinski definition) is 2. The number of nitrogens with one attached hydrogen (secondary N) is 1. The smallest absolute Gasteiger partial charge is 0.141 e. The summed E-state index contributed by atoms with van der Waals surface area (Å²) in [4.78, 5) is 5.22. The lowest BCUT2D eigenvalue weighted by molar-refractivity contribution is 1.19. The van der Waals surface area contributed by atoms with Gasteiger partial charge in [0.05, 0.1) is 0 Å². The normalized spacial score (nSPS) is 10.3. The van der Waals surface area contributed by atoms with Crippen LogP contribution in [-0.4, -0.2) is 10.8 Å². The summed E-state index contributed by atoms with van der Waals surface area (Å²) in [6.07, 6.45) is 1.76. The van der Waals surface area contributed by atoms with Gasteiger partial charge in [-0.1, -0.05) is 29.8 Å². The van der Waals surface area contributed by atoms with Gasteiger partial charge in [0.15, 0.2) is 0 Å². The Morgan fingerprint density at radius 3 is 2.78 bits per heavy atom. The molecule has 92 valence electrons. The van der Waals surface area contributed by atoms with Crippen molar-refractivity contribution in [2.24, 2.45) is 5.73 Å². The Bertz CT molecular complexity index is 549. The minimum atomic E-state index is 0.00485. The maximum atomic E-state index is 7.27. The summed E-state index contributed by atoms with van der Waals surface area (Å²) in [6, 6.07) is 12.2. The van der Waals surface area contributed by atoms with E-state index in [-0.39, 0.29) is 5.84 Å². The molecule has 3 nitrogen and oxygen atoms in total. The molecule has 0 saturated carbocycles. The van der Waals surface area contributed by atoms with Gasteiger partial charge in [-0.25, -0.2) is 0 Å². The number of hydrogen-bond acceptors (Lipinski definition) is 3. The standard InChI is InChI=1S/C14H15N3S/c1-10-3-2-4-11(7-10)9-18-12-5-6-13(14(15)16)17-8-12/h2-8H,9H2,1H3,(H3,15,16). The molecular weight excluding hydrogens is 242 g/mol. The van der Waals surface area contributed by atoms with Crippen molar-refractivity contribution < 1.29 is 0 Å². The predicted molar refractivity (Wildman–Crippen MR) is 76.0 cm³/mol. The lowest BCUT2D eigenvalue weighted by Crippen LogP contribution is -2.12. The zero-order chi connectivity index (χ0) is 13.0. The van der Waals surface area contributed by atoms with Crippen molar-refractivity contribution in [1.29, 1.82) is 5.41 Å². The highest BCUT2D eigenvalue weighted by Gasteiger charge is 2.00. The second-order valence-electron chi connectivity index (χ2n) is 4.07. The summed E-state index contributed by atoms with van der Waals surface area (Å²) in [6.45, 7) is 2.09. The van der Waals surface area contributed by atoms with Gasteiger partial charge in [0.1, 0.15) is 11.5 Å². The molecule has 0 spiro atoms. The summed E-state index contributed by atoms with van der Waals surface area (Å²) in [5, 5.41) is 7.27. The van der Waals surface area contributed by atoms with Crippen LogP contribution in [-0.2, 0) is 5.75 Å². The van der Waals surface area contributed by atoms with Crippen LogP contribution in [0.2, 0.25) is 0 Å². The van der Waals surface area contributed by atoms with E-state index >= 15 is 0 Å². The first-order chi connectivity index (χ1) is 8.65. The number of aromatic nitrogens is 1. The molecule has 1 aromatic heterocycles. The number of thioether (sulfide) groups is 1. The van der Waals surface area contributed by atoms with Crippen LogP contribution in [0.4, 0.5) is 0 Å². The van der Waals surface area contributed by atoms with Gasteiger partial charge in [-0.2, -0.15) is 0 Å². The average Bonchev–Trinajstić information content (AvgIpc) is 2.37. The molecule has 0 fully saturated rings. The zero-order valence-corrected chi connectivity index (χ0v) is 11.0. The summed E-state index contributed by atoms with van der Waals surface area (Å²) in [7, 11) is 0. The van der Waals surface area contributed by atoms with Crippen LogP contribution < -0.4 is 5.73 Å². The second kappa shape index (κ2) is 5.69. The van der Waals surface area contributed by atoms with E-state index < -0.39 is 0 Å². The maximum Gasteiger partial charge on any atom is 0.141 e. The molecule has 0 atom stereocenters. The minimum absolute atomic E-state index is 0.00485. The van der Waals surface area contributed by atoms with Crippen LogP contribution in [0.5, 0.6) is 0 Å². The Kier molecular flexibility index (Phi) is 3.99. The van der Waals surface area contributed by atoms with Gasteiger partial charge in [0.2, 0.25) is 0 Å². The van der Waals surface area contributed by atoms with E-state index in [4.69, 9.17) is 11.1 Å². The molecule has 0 radical (unpaired) electrons. The summed E-state index contributed by atoms with van der Waals surface area (Å²) in [5.74, 6) is 0.924. The second-order valence-corrected chi connectivity index (χ2v) is 5.12. The van der Waals surface area contributed by atoms with E-state index in [9.17, 15) is 0 Å². The quantitative estimate of drug-likeness (QED) is 0.503. The molecule has 0 amide bonds. The molecule has 1 heterocycles. The van der Waals surface area contributed by atoms with Gasteiger partial charge in [0.25, 0.3) is 0 Å². The number of benzene rings is 1. The highest BCUT2D eigenvalue weighted by molar-refractivity contribution is 7.98. The molecule has 2 rings (SSSR count). The molecule has 4 heteroatoms. The fourth-order valence-corrected chi connectivity index (χ4v) is 2.40. The van der Waals surface area contributed by atoms with Gasteiger partial charge in [-0.15, -0.1) is 11.8 Å². The van der Waals surface area contributed by atoms with Crippen LogP contribution >= 0.6 is 11.8 Å². The van der Waals surface area contributed by atoms with E-state index in [2.05, 4.69) is 36.2 Å². The van der Waals surface area contributed by atoms with E-state index in [0.717, 1.165) is 10.6 Å². The van der Waals surface area contributed by atoms with Crippen molar-refractivity contribution in [1.82, 2.24) is 4.98 Å². The number of amidine groups is 1. The molecule has 1 aromatic carbocycles. The third-order valence-electron chi connectivity index (χ3n) is 2.50. The third kappa shape index (κ3) is 3.34. The minimum Gasteiger partial charge on any atom is -0.382 e. The van der Waals surface area contributed by atoms with E-state index in [0.29, 0.717) is 5.69 Å². The molecule has 0 aliphatic carbocycles. The fraction of sp³-hybridized carbons (Fsp3) is 0.143. The summed E-state index contributed by atoms with van der Waals surface area (Å²) >= 11 is 1.73. The van der Waals surface area contributed by atoms with Crippen molar-refractivity contribution >= 4 is 17.6 Å². The number of rotatable bonds is 4. The largest absolute Gasteiger partial charge is 0.382 e. The highest BCUT2D eigenvalue weighted by Crippen LogP contribution is 2.22. The summed E-state index contributed by atoms with van der Waals surface area (Å²) in [5.41, 5.74) is 8.46. The number of nitrogens with zero attached hydrogens (tertiary/aromatic N) is 1. The third-order valence-corrected chi connectivity index (χ3v) is 3.55. The van der Waals surface area contributed by atoms with E-state index in [1.807, 2.05) is 6.07 Å². The SMILES string of the molecule is Cc1cccc(CSc2ccc(C(=N)N)nc2)c1. The number of aryl methyl sites for hydroxylation is 1. The van der Waals surface area contributed by atoms with Crippen LogP contribution in [0.25, 0.3) is 0 Å². The predicted octanol–water partition coefficient (Wildman–Crippen LogP) is 2.97. The lowest BCUT2D eigenvalue weighted by atomic mass is 10.2. The Labute approximate surface area is 111 Å². The summed E-state index contributed by atoms with van der Waals surface area (Å²) < 4.78 is 0. The molecule has 0 bridgehead atoms. The topological polar surface area (TPSA) is 62.8 Å². The molecule has 0 saturated heterocycles.